The third kappa shape index (κ3) is 5.65. The Hall–Kier alpha value is -0.170. The van der Waals surface area contributed by atoms with Gasteiger partial charge >= 0.3 is 0 Å². The van der Waals surface area contributed by atoms with Crippen LogP contribution in [-0.4, -0.2) is 70.2 Å². The first-order valence-electron chi connectivity index (χ1n) is 6.87. The third-order valence-corrected chi connectivity index (χ3v) is 5.42. The van der Waals surface area contributed by atoms with Gasteiger partial charge in [0.05, 0.1) is 5.75 Å². The molecule has 0 amide bonds. The van der Waals surface area contributed by atoms with E-state index in [1.54, 1.807) is 7.05 Å². The molecule has 0 spiro atoms. The first-order valence-corrected chi connectivity index (χ1v) is 8.48. The average Bonchev–Trinajstić information content (AvgIpc) is 2.84. The van der Waals surface area contributed by atoms with Crippen LogP contribution in [0.5, 0.6) is 0 Å². The summed E-state index contributed by atoms with van der Waals surface area (Å²) < 4.78 is 25.5. The van der Waals surface area contributed by atoms with E-state index < -0.39 is 10.0 Å². The van der Waals surface area contributed by atoms with Gasteiger partial charge in [0.25, 0.3) is 0 Å². The van der Waals surface area contributed by atoms with E-state index in [2.05, 4.69) is 10.2 Å². The van der Waals surface area contributed by atoms with Crippen LogP contribution in [0.25, 0.3) is 0 Å². The highest BCUT2D eigenvalue weighted by Crippen LogP contribution is 2.08. The van der Waals surface area contributed by atoms with Gasteiger partial charge < -0.3 is 10.2 Å². The van der Waals surface area contributed by atoms with E-state index in [-0.39, 0.29) is 5.75 Å². The van der Waals surface area contributed by atoms with Gasteiger partial charge in [0, 0.05) is 20.1 Å². The normalized spacial score (nSPS) is 17.7. The monoisotopic (exact) mass is 277 g/mol. The minimum Gasteiger partial charge on any atom is -0.320 e. The Kier molecular flexibility index (Phi) is 7.14. The zero-order valence-corrected chi connectivity index (χ0v) is 12.5. The van der Waals surface area contributed by atoms with Gasteiger partial charge in [-0.25, -0.2) is 12.7 Å². The number of nitrogens with one attached hydrogen (secondary N) is 1. The summed E-state index contributed by atoms with van der Waals surface area (Å²) in [4.78, 5) is 2.34. The predicted octanol–water partition coefficient (Wildman–Crippen LogP) is 0.343. The minimum absolute atomic E-state index is 0.269. The standard InChI is InChI=1S/C12H27N3O2S/c1-13-7-3-6-12-18(16,17)14(2)10-11-15-8-4-5-9-15/h13H,3-12H2,1-2H3. The fraction of sp³-hybridized carbons (Fsp3) is 1.00. The van der Waals surface area contributed by atoms with Gasteiger partial charge in [-0.3, -0.25) is 0 Å². The van der Waals surface area contributed by atoms with E-state index >= 15 is 0 Å². The summed E-state index contributed by atoms with van der Waals surface area (Å²) in [5.74, 6) is 0.269. The van der Waals surface area contributed by atoms with Crippen LogP contribution < -0.4 is 5.32 Å². The summed E-state index contributed by atoms with van der Waals surface area (Å²) in [6.07, 6.45) is 4.15. The van der Waals surface area contributed by atoms with Crippen LogP contribution in [0, 0.1) is 0 Å². The van der Waals surface area contributed by atoms with Crippen molar-refractivity contribution in [1.29, 1.82) is 0 Å². The predicted molar refractivity (Wildman–Crippen MR) is 75.3 cm³/mol. The molecule has 6 heteroatoms. The number of hydrogen-bond acceptors (Lipinski definition) is 4. The maximum absolute atomic E-state index is 12.0. The highest BCUT2D eigenvalue weighted by molar-refractivity contribution is 7.89. The van der Waals surface area contributed by atoms with E-state index in [4.69, 9.17) is 0 Å². The van der Waals surface area contributed by atoms with E-state index in [1.165, 1.54) is 17.1 Å². The Morgan fingerprint density at radius 2 is 1.89 bits per heavy atom. The first-order chi connectivity index (χ1) is 8.56. The fourth-order valence-electron chi connectivity index (χ4n) is 2.17. The molecule has 5 nitrogen and oxygen atoms in total. The van der Waals surface area contributed by atoms with Gasteiger partial charge in [-0.15, -0.1) is 0 Å². The Morgan fingerprint density at radius 3 is 2.50 bits per heavy atom. The Bertz CT molecular complexity index is 313. The Balaban J connectivity index is 2.22. The quantitative estimate of drug-likeness (QED) is 0.618. The molecule has 0 saturated carbocycles. The summed E-state index contributed by atoms with van der Waals surface area (Å²) in [6.45, 7) is 4.61. The smallest absolute Gasteiger partial charge is 0.213 e. The van der Waals surface area contributed by atoms with Crippen molar-refractivity contribution in [2.24, 2.45) is 0 Å². The lowest BCUT2D eigenvalue weighted by Gasteiger charge is -2.21. The van der Waals surface area contributed by atoms with Crippen molar-refractivity contribution in [1.82, 2.24) is 14.5 Å². The lowest BCUT2D eigenvalue weighted by molar-refractivity contribution is 0.310. The molecule has 0 bridgehead atoms. The number of unbranched alkanes of at least 4 members (excludes halogenated alkanes) is 1. The highest BCUT2D eigenvalue weighted by atomic mass is 32.2. The van der Waals surface area contributed by atoms with Crippen LogP contribution in [-0.2, 0) is 10.0 Å². The number of hydrogen-bond donors (Lipinski definition) is 1. The van der Waals surface area contributed by atoms with Gasteiger partial charge in [-0.2, -0.15) is 0 Å². The van der Waals surface area contributed by atoms with Crippen molar-refractivity contribution in [2.75, 3.05) is 52.6 Å². The van der Waals surface area contributed by atoms with Crippen molar-refractivity contribution >= 4 is 10.0 Å². The van der Waals surface area contributed by atoms with Crippen LogP contribution >= 0.6 is 0 Å². The molecule has 0 aromatic heterocycles. The van der Waals surface area contributed by atoms with Crippen LogP contribution in [0.4, 0.5) is 0 Å². The SMILES string of the molecule is CNCCCCS(=O)(=O)N(C)CCN1CCCC1. The lowest BCUT2D eigenvalue weighted by Crippen LogP contribution is -2.36. The molecule has 0 aliphatic carbocycles. The van der Waals surface area contributed by atoms with Gasteiger partial charge in [-0.05, 0) is 52.4 Å². The molecule has 0 radical (unpaired) electrons. The molecule has 0 aromatic carbocycles. The third-order valence-electron chi connectivity index (χ3n) is 3.48. The fourth-order valence-corrected chi connectivity index (χ4v) is 3.41. The second kappa shape index (κ2) is 8.09. The molecule has 1 aliphatic rings. The zero-order chi connectivity index (χ0) is 13.4. The molecule has 1 N–H and O–H groups in total. The zero-order valence-electron chi connectivity index (χ0n) is 11.7. The highest BCUT2D eigenvalue weighted by Gasteiger charge is 2.19. The largest absolute Gasteiger partial charge is 0.320 e. The Labute approximate surface area is 112 Å². The van der Waals surface area contributed by atoms with Crippen molar-refractivity contribution in [3.8, 4) is 0 Å². The van der Waals surface area contributed by atoms with Crippen LogP contribution in [0.2, 0.25) is 0 Å². The average molecular weight is 277 g/mol. The van der Waals surface area contributed by atoms with Gasteiger partial charge in [-0.1, -0.05) is 0 Å². The van der Waals surface area contributed by atoms with E-state index in [0.29, 0.717) is 6.54 Å². The Morgan fingerprint density at radius 1 is 1.22 bits per heavy atom. The second-order valence-electron chi connectivity index (χ2n) is 5.00. The summed E-state index contributed by atoms with van der Waals surface area (Å²) in [7, 11) is 0.530. The molecular weight excluding hydrogens is 250 g/mol. The topological polar surface area (TPSA) is 52.7 Å². The number of likely N-dealkylation sites (tertiary alicyclic amines) is 1. The van der Waals surface area contributed by atoms with E-state index in [0.717, 1.165) is 39.0 Å². The minimum atomic E-state index is -3.05. The number of rotatable bonds is 9. The molecule has 0 atom stereocenters. The first kappa shape index (κ1) is 15.9. The molecule has 1 saturated heterocycles. The van der Waals surface area contributed by atoms with E-state index in [1.807, 2.05) is 7.05 Å². The number of likely N-dealkylation sites (N-methyl/N-ethyl adjacent to an activating group) is 1. The maximum Gasteiger partial charge on any atom is 0.213 e. The van der Waals surface area contributed by atoms with Gasteiger partial charge in [0.1, 0.15) is 0 Å². The van der Waals surface area contributed by atoms with Gasteiger partial charge in [0.2, 0.25) is 10.0 Å². The molecule has 0 unspecified atom stereocenters. The van der Waals surface area contributed by atoms with Crippen molar-refractivity contribution in [3.05, 3.63) is 0 Å². The van der Waals surface area contributed by atoms with Crippen molar-refractivity contribution < 1.29 is 8.42 Å². The molecule has 1 aliphatic heterocycles. The molecule has 1 fully saturated rings. The summed E-state index contributed by atoms with van der Waals surface area (Å²) >= 11 is 0. The number of nitrogens with zero attached hydrogens (tertiary/aromatic N) is 2. The number of sulfonamides is 1. The summed E-state index contributed by atoms with van der Waals surface area (Å²) in [6, 6.07) is 0. The second-order valence-corrected chi connectivity index (χ2v) is 7.19. The van der Waals surface area contributed by atoms with Crippen LogP contribution in [0.1, 0.15) is 25.7 Å². The van der Waals surface area contributed by atoms with Crippen LogP contribution in [0.3, 0.4) is 0 Å². The molecule has 108 valence electrons. The maximum atomic E-state index is 12.0. The molecule has 18 heavy (non-hydrogen) atoms. The lowest BCUT2D eigenvalue weighted by atomic mass is 10.3. The summed E-state index contributed by atoms with van der Waals surface area (Å²) in [5.41, 5.74) is 0. The molecule has 1 heterocycles. The van der Waals surface area contributed by atoms with Gasteiger partial charge in [0.15, 0.2) is 0 Å². The molecule has 0 aromatic rings. The van der Waals surface area contributed by atoms with E-state index in [9.17, 15) is 8.42 Å². The van der Waals surface area contributed by atoms with Crippen LogP contribution in [0.15, 0.2) is 0 Å². The van der Waals surface area contributed by atoms with Crippen molar-refractivity contribution in [3.63, 3.8) is 0 Å². The summed E-state index contributed by atoms with van der Waals surface area (Å²) in [5, 5.41) is 3.03. The molecule has 1 rings (SSSR count). The molecular formula is C12H27N3O2S. The van der Waals surface area contributed by atoms with Crippen molar-refractivity contribution in [2.45, 2.75) is 25.7 Å².